The minimum Gasteiger partial charge on any atom is -0.347 e. The fourth-order valence-corrected chi connectivity index (χ4v) is 2.84. The van der Waals surface area contributed by atoms with E-state index >= 15 is 0 Å². The third-order valence-corrected chi connectivity index (χ3v) is 3.83. The molecule has 1 aromatic rings. The Labute approximate surface area is 126 Å². The zero-order chi connectivity index (χ0) is 13.8. The summed E-state index contributed by atoms with van der Waals surface area (Å²) in [6.45, 7) is 4.02. The van der Waals surface area contributed by atoms with Crippen molar-refractivity contribution < 1.29 is 4.79 Å². The van der Waals surface area contributed by atoms with Gasteiger partial charge in [-0.1, -0.05) is 34.5 Å². The molecule has 1 amide bonds. The van der Waals surface area contributed by atoms with Gasteiger partial charge in [-0.2, -0.15) is 0 Å². The predicted molar refractivity (Wildman–Crippen MR) is 80.7 cm³/mol. The van der Waals surface area contributed by atoms with Gasteiger partial charge in [-0.3, -0.25) is 4.79 Å². The van der Waals surface area contributed by atoms with Crippen molar-refractivity contribution >= 4 is 45.0 Å². The van der Waals surface area contributed by atoms with Gasteiger partial charge < -0.3 is 5.32 Å². The zero-order valence-electron chi connectivity index (χ0n) is 10.4. The Morgan fingerprint density at radius 2 is 2.11 bits per heavy atom. The maximum Gasteiger partial charge on any atom is 0.251 e. The monoisotopic (exact) mass is 351 g/mol. The molecule has 100 valence electrons. The molecule has 2 nitrogen and oxygen atoms in total. The van der Waals surface area contributed by atoms with Crippen molar-refractivity contribution in [2.75, 3.05) is 5.88 Å². The molecular formula is C13H16BrCl2NO. The maximum absolute atomic E-state index is 12.2. The Morgan fingerprint density at radius 1 is 1.44 bits per heavy atom. The molecule has 18 heavy (non-hydrogen) atoms. The number of benzene rings is 1. The molecule has 0 aliphatic rings. The lowest BCUT2D eigenvalue weighted by Gasteiger charge is -2.29. The number of carbonyl (C=O) groups excluding carboxylic acids is 1. The van der Waals surface area contributed by atoms with Crippen LogP contribution in [0.3, 0.4) is 0 Å². The van der Waals surface area contributed by atoms with E-state index in [0.717, 1.165) is 17.3 Å². The number of carbonyl (C=O) groups is 1. The van der Waals surface area contributed by atoms with E-state index in [4.69, 9.17) is 23.2 Å². The zero-order valence-corrected chi connectivity index (χ0v) is 13.5. The fraction of sp³-hybridized carbons (Fsp3) is 0.462. The van der Waals surface area contributed by atoms with E-state index in [2.05, 4.69) is 21.2 Å². The molecule has 1 aromatic carbocycles. The van der Waals surface area contributed by atoms with E-state index in [9.17, 15) is 4.79 Å². The van der Waals surface area contributed by atoms with Gasteiger partial charge in [0, 0.05) is 26.5 Å². The summed E-state index contributed by atoms with van der Waals surface area (Å²) in [5, 5.41) is 3.54. The second-order valence-electron chi connectivity index (χ2n) is 4.47. The van der Waals surface area contributed by atoms with Crippen LogP contribution in [-0.4, -0.2) is 17.3 Å². The summed E-state index contributed by atoms with van der Waals surface area (Å²) in [5.74, 6) is 0.386. The molecule has 0 saturated heterocycles. The first kappa shape index (κ1) is 15.8. The molecule has 1 rings (SSSR count). The number of alkyl halides is 1. The van der Waals surface area contributed by atoms with Crippen molar-refractivity contribution in [2.45, 2.75) is 32.2 Å². The first-order valence-corrected chi connectivity index (χ1v) is 7.45. The Bertz CT molecular complexity index is 419. The van der Waals surface area contributed by atoms with Crippen LogP contribution in [0.5, 0.6) is 0 Å². The van der Waals surface area contributed by atoms with Gasteiger partial charge in [-0.25, -0.2) is 0 Å². The number of hydrogen-bond donors (Lipinski definition) is 1. The van der Waals surface area contributed by atoms with Gasteiger partial charge in [-0.05, 0) is 38.0 Å². The van der Waals surface area contributed by atoms with Gasteiger partial charge in [0.25, 0.3) is 5.91 Å². The number of hydrogen-bond acceptors (Lipinski definition) is 1. The standard InChI is InChI=1S/C13H16BrCl2NO/c1-3-13(2,4-5-15)17-12(18)9-6-10(14)8-11(16)7-9/h6-8H,3-5H2,1-2H3,(H,17,18). The molecule has 0 fully saturated rings. The lowest BCUT2D eigenvalue weighted by Crippen LogP contribution is -2.45. The number of amides is 1. The summed E-state index contributed by atoms with van der Waals surface area (Å²) in [5.41, 5.74) is 0.261. The van der Waals surface area contributed by atoms with Crippen LogP contribution in [0.2, 0.25) is 5.02 Å². The van der Waals surface area contributed by atoms with Gasteiger partial charge >= 0.3 is 0 Å². The number of nitrogens with one attached hydrogen (secondary N) is 1. The smallest absolute Gasteiger partial charge is 0.251 e. The SMILES string of the molecule is CCC(C)(CCCl)NC(=O)c1cc(Cl)cc(Br)c1. The number of halogens is 3. The second-order valence-corrected chi connectivity index (χ2v) is 6.20. The molecule has 0 bridgehead atoms. The Kier molecular flexibility index (Phi) is 5.96. The molecule has 0 aromatic heterocycles. The van der Waals surface area contributed by atoms with E-state index in [1.54, 1.807) is 18.2 Å². The minimum absolute atomic E-state index is 0.132. The summed E-state index contributed by atoms with van der Waals surface area (Å²) in [6, 6.07) is 5.15. The van der Waals surface area contributed by atoms with Crippen LogP contribution in [0.25, 0.3) is 0 Å². The minimum atomic E-state index is -0.284. The van der Waals surface area contributed by atoms with Crippen LogP contribution in [0.4, 0.5) is 0 Å². The van der Waals surface area contributed by atoms with Crippen molar-refractivity contribution in [3.8, 4) is 0 Å². The average molecular weight is 353 g/mol. The van der Waals surface area contributed by atoms with Crippen LogP contribution >= 0.6 is 39.1 Å². The van der Waals surface area contributed by atoms with Crippen molar-refractivity contribution in [3.05, 3.63) is 33.3 Å². The summed E-state index contributed by atoms with van der Waals surface area (Å²) in [4.78, 5) is 12.2. The molecule has 0 heterocycles. The quantitative estimate of drug-likeness (QED) is 0.769. The molecule has 5 heteroatoms. The van der Waals surface area contributed by atoms with Gasteiger partial charge in [0.1, 0.15) is 0 Å². The van der Waals surface area contributed by atoms with E-state index in [-0.39, 0.29) is 11.4 Å². The van der Waals surface area contributed by atoms with E-state index in [1.165, 1.54) is 0 Å². The highest BCUT2D eigenvalue weighted by Gasteiger charge is 2.24. The Hall–Kier alpha value is -0.250. The Morgan fingerprint density at radius 3 is 2.61 bits per heavy atom. The summed E-state index contributed by atoms with van der Waals surface area (Å²) in [7, 11) is 0. The van der Waals surface area contributed by atoms with Crippen LogP contribution < -0.4 is 5.32 Å². The van der Waals surface area contributed by atoms with Gasteiger partial charge in [-0.15, -0.1) is 11.6 Å². The van der Waals surface area contributed by atoms with E-state index in [1.807, 2.05) is 13.8 Å². The van der Waals surface area contributed by atoms with Gasteiger partial charge in [0.05, 0.1) is 0 Å². The first-order valence-electron chi connectivity index (χ1n) is 5.75. The van der Waals surface area contributed by atoms with Crippen LogP contribution in [0.1, 0.15) is 37.0 Å². The molecule has 0 radical (unpaired) electrons. The number of rotatable bonds is 5. The van der Waals surface area contributed by atoms with Crippen molar-refractivity contribution in [2.24, 2.45) is 0 Å². The van der Waals surface area contributed by atoms with E-state index < -0.39 is 0 Å². The summed E-state index contributed by atoms with van der Waals surface area (Å²) < 4.78 is 0.788. The first-order chi connectivity index (χ1) is 8.40. The van der Waals surface area contributed by atoms with Crippen LogP contribution in [0.15, 0.2) is 22.7 Å². The highest BCUT2D eigenvalue weighted by molar-refractivity contribution is 9.10. The van der Waals surface area contributed by atoms with Crippen molar-refractivity contribution in [1.29, 1.82) is 0 Å². The topological polar surface area (TPSA) is 29.1 Å². The molecule has 1 atom stereocenters. The van der Waals surface area contributed by atoms with Crippen molar-refractivity contribution in [1.82, 2.24) is 5.32 Å². The summed E-state index contributed by atoms with van der Waals surface area (Å²) >= 11 is 15.0. The third kappa shape index (κ3) is 4.45. The molecule has 1 unspecified atom stereocenters. The van der Waals surface area contributed by atoms with Crippen LogP contribution in [0, 0.1) is 0 Å². The summed E-state index contributed by atoms with van der Waals surface area (Å²) in [6.07, 6.45) is 1.56. The second kappa shape index (κ2) is 6.78. The van der Waals surface area contributed by atoms with E-state index in [0.29, 0.717) is 16.5 Å². The third-order valence-electron chi connectivity index (χ3n) is 2.97. The lowest BCUT2D eigenvalue weighted by atomic mass is 9.95. The highest BCUT2D eigenvalue weighted by Crippen LogP contribution is 2.21. The largest absolute Gasteiger partial charge is 0.347 e. The Balaban J connectivity index is 2.87. The van der Waals surface area contributed by atoms with Gasteiger partial charge in [0.15, 0.2) is 0 Å². The molecule has 0 aliphatic carbocycles. The van der Waals surface area contributed by atoms with Crippen LogP contribution in [-0.2, 0) is 0 Å². The molecular weight excluding hydrogens is 337 g/mol. The lowest BCUT2D eigenvalue weighted by molar-refractivity contribution is 0.0901. The predicted octanol–water partition coefficient (Wildman–Crippen LogP) is 4.63. The highest BCUT2D eigenvalue weighted by atomic mass is 79.9. The fourth-order valence-electron chi connectivity index (χ4n) is 1.57. The van der Waals surface area contributed by atoms with Gasteiger partial charge in [0.2, 0.25) is 0 Å². The molecule has 0 spiro atoms. The molecule has 1 N–H and O–H groups in total. The average Bonchev–Trinajstić information content (AvgIpc) is 2.28. The molecule has 0 saturated carbocycles. The maximum atomic E-state index is 12.2. The normalized spacial score (nSPS) is 14.1. The molecule has 0 aliphatic heterocycles. The van der Waals surface area contributed by atoms with Crippen molar-refractivity contribution in [3.63, 3.8) is 0 Å².